The van der Waals surface area contributed by atoms with Gasteiger partial charge in [0.2, 0.25) is 0 Å². The molecule has 1 saturated heterocycles. The molecule has 104 valence electrons. The van der Waals surface area contributed by atoms with Gasteiger partial charge >= 0.3 is 0 Å². The van der Waals surface area contributed by atoms with Gasteiger partial charge in [0, 0.05) is 0 Å². The highest BCUT2D eigenvalue weighted by Crippen LogP contribution is 2.84. The molecule has 1 aliphatic heterocycles. The van der Waals surface area contributed by atoms with E-state index in [0.29, 0.717) is 9.55 Å². The molecule has 0 spiro atoms. The third-order valence-corrected chi connectivity index (χ3v) is 23.3. The molecular formula is C14H15O2P2S2+. The van der Waals surface area contributed by atoms with E-state index in [0.717, 1.165) is 19.0 Å². The number of ether oxygens (including phenoxy) is 2. The van der Waals surface area contributed by atoms with Crippen molar-refractivity contribution in [2.75, 3.05) is 14.2 Å². The van der Waals surface area contributed by atoms with Gasteiger partial charge in [-0.2, -0.15) is 0 Å². The lowest BCUT2D eigenvalue weighted by Crippen LogP contribution is -2.04. The molecule has 2 nitrogen and oxygen atoms in total. The molecule has 3 atom stereocenters. The summed E-state index contributed by atoms with van der Waals surface area (Å²) in [6.07, 6.45) is 0. The van der Waals surface area contributed by atoms with Gasteiger partial charge in [-0.3, -0.25) is 0 Å². The lowest BCUT2D eigenvalue weighted by molar-refractivity contribution is 0.414. The molecule has 0 N–H and O–H groups in total. The fraction of sp³-hybridized carbons (Fsp3) is 0.143. The van der Waals surface area contributed by atoms with Crippen LogP contribution in [-0.2, 0) is 9.55 Å². The second-order valence-corrected chi connectivity index (χ2v) is 17.0. The summed E-state index contributed by atoms with van der Waals surface area (Å²) in [6, 6.07) is 17.0. The second-order valence-electron chi connectivity index (χ2n) is 4.10. The van der Waals surface area contributed by atoms with Crippen molar-refractivity contribution in [2.24, 2.45) is 0 Å². The summed E-state index contributed by atoms with van der Waals surface area (Å²) in [7, 11) is 6.95. The highest BCUT2D eigenvalue weighted by molar-refractivity contribution is 9.33. The van der Waals surface area contributed by atoms with Gasteiger partial charge in [0.25, 0.3) is 0 Å². The SMILES string of the molecule is COc1ccc(P2P[S+](c3ccc(OC)cc3)S2)cc1. The van der Waals surface area contributed by atoms with Crippen molar-refractivity contribution in [1.82, 2.24) is 0 Å². The summed E-state index contributed by atoms with van der Waals surface area (Å²) in [5.41, 5.74) is 0. The quantitative estimate of drug-likeness (QED) is 0.461. The average molecular weight is 341 g/mol. The van der Waals surface area contributed by atoms with E-state index >= 15 is 0 Å². The van der Waals surface area contributed by atoms with Crippen molar-refractivity contribution < 1.29 is 9.47 Å². The molecule has 1 aliphatic rings. The van der Waals surface area contributed by atoms with Gasteiger partial charge in [-0.1, -0.05) is 0 Å². The minimum Gasteiger partial charge on any atom is -0.497 e. The van der Waals surface area contributed by atoms with E-state index in [1.165, 1.54) is 10.2 Å². The van der Waals surface area contributed by atoms with Gasteiger partial charge in [0.1, 0.15) is 38.3 Å². The fourth-order valence-corrected chi connectivity index (χ4v) is 19.1. The van der Waals surface area contributed by atoms with Crippen molar-refractivity contribution in [3.05, 3.63) is 48.5 Å². The maximum Gasteiger partial charge on any atom is 0.171 e. The van der Waals surface area contributed by atoms with Crippen LogP contribution in [0.1, 0.15) is 0 Å². The summed E-state index contributed by atoms with van der Waals surface area (Å²) >= 11 is 0. The molecule has 1 heterocycles. The highest BCUT2D eigenvalue weighted by atomic mass is 33.7. The maximum absolute atomic E-state index is 5.21. The average Bonchev–Trinajstić information content (AvgIpc) is 2.47. The Kier molecular flexibility index (Phi) is 4.78. The zero-order chi connectivity index (χ0) is 13.9. The minimum absolute atomic E-state index is 0.0145. The predicted molar refractivity (Wildman–Crippen MR) is 94.1 cm³/mol. The van der Waals surface area contributed by atoms with E-state index < -0.39 is 0 Å². The van der Waals surface area contributed by atoms with Crippen LogP contribution in [0.2, 0.25) is 0 Å². The number of hydrogen-bond donors (Lipinski definition) is 0. The molecule has 3 rings (SSSR count). The first kappa shape index (κ1) is 14.5. The Morgan fingerprint density at radius 1 is 0.900 bits per heavy atom. The smallest absolute Gasteiger partial charge is 0.171 e. The van der Waals surface area contributed by atoms with E-state index in [1.54, 1.807) is 14.2 Å². The molecule has 6 heteroatoms. The Morgan fingerprint density at radius 2 is 1.40 bits per heavy atom. The lowest BCUT2D eigenvalue weighted by Gasteiger charge is -2.22. The molecule has 2 aromatic rings. The van der Waals surface area contributed by atoms with Crippen LogP contribution in [0.5, 0.6) is 11.5 Å². The molecule has 20 heavy (non-hydrogen) atoms. The van der Waals surface area contributed by atoms with Crippen molar-refractivity contribution >= 4 is 39.5 Å². The molecular weight excluding hydrogens is 326 g/mol. The van der Waals surface area contributed by atoms with Crippen molar-refractivity contribution in [3.8, 4) is 11.5 Å². The van der Waals surface area contributed by atoms with Crippen LogP contribution in [-0.4, -0.2) is 14.2 Å². The summed E-state index contributed by atoms with van der Waals surface area (Å²) in [4.78, 5) is 1.45. The van der Waals surface area contributed by atoms with Gasteiger partial charge in [0.05, 0.1) is 14.2 Å². The molecule has 0 radical (unpaired) electrons. The normalized spacial score (nSPS) is 22.3. The van der Waals surface area contributed by atoms with Crippen LogP contribution in [0.15, 0.2) is 53.4 Å². The number of hydrogen-bond acceptors (Lipinski definition) is 3. The molecule has 3 unspecified atom stereocenters. The topological polar surface area (TPSA) is 18.5 Å². The van der Waals surface area contributed by atoms with Gasteiger partial charge < -0.3 is 9.47 Å². The third-order valence-electron chi connectivity index (χ3n) is 2.90. The number of methoxy groups -OCH3 is 2. The molecule has 0 aliphatic carbocycles. The van der Waals surface area contributed by atoms with Gasteiger partial charge in [0.15, 0.2) is 12.4 Å². The maximum atomic E-state index is 5.21. The Balaban J connectivity index is 1.62. The summed E-state index contributed by atoms with van der Waals surface area (Å²) in [5, 5.41) is 1.47. The largest absolute Gasteiger partial charge is 0.497 e. The van der Waals surface area contributed by atoms with Gasteiger partial charge in [-0.05, 0) is 53.8 Å². The minimum atomic E-state index is -0.0145. The Hall–Kier alpha value is -0.400. The number of benzene rings is 2. The monoisotopic (exact) mass is 341 g/mol. The Bertz CT molecular complexity index is 517. The van der Waals surface area contributed by atoms with Crippen molar-refractivity contribution in [3.63, 3.8) is 0 Å². The van der Waals surface area contributed by atoms with Crippen molar-refractivity contribution in [2.45, 2.75) is 4.90 Å². The fourth-order valence-electron chi connectivity index (χ4n) is 1.76. The van der Waals surface area contributed by atoms with Crippen LogP contribution in [0.3, 0.4) is 0 Å². The van der Waals surface area contributed by atoms with E-state index in [2.05, 4.69) is 58.9 Å². The first-order valence-electron chi connectivity index (χ1n) is 6.07. The summed E-state index contributed by atoms with van der Waals surface area (Å²) in [5.74, 6) is 1.87. The second kappa shape index (κ2) is 6.58. The standard InChI is InChI=1S/C14H15O2P2S2/c1-15-11-3-7-13(8-4-11)18-17-20(19-18)14-9-5-12(16-2)6-10-14/h3-10,17H,1-2H3/q+1. The van der Waals surface area contributed by atoms with Crippen LogP contribution < -0.4 is 14.8 Å². The van der Waals surface area contributed by atoms with Crippen molar-refractivity contribution in [1.29, 1.82) is 0 Å². The molecule has 0 aromatic heterocycles. The third kappa shape index (κ3) is 3.09. The van der Waals surface area contributed by atoms with Crippen LogP contribution >= 0.6 is 24.7 Å². The van der Waals surface area contributed by atoms with Crippen LogP contribution in [0.25, 0.3) is 0 Å². The molecule has 0 amide bonds. The van der Waals surface area contributed by atoms with Gasteiger partial charge in [-0.15, -0.1) is 0 Å². The molecule has 2 aromatic carbocycles. The number of rotatable bonds is 4. The summed E-state index contributed by atoms with van der Waals surface area (Å²) in [6.45, 7) is -0.0145. The Morgan fingerprint density at radius 3 is 1.90 bits per heavy atom. The van der Waals surface area contributed by atoms with E-state index in [9.17, 15) is 0 Å². The first-order valence-corrected chi connectivity index (χ1v) is 13.1. The van der Waals surface area contributed by atoms with Gasteiger partial charge in [-0.25, -0.2) is 0 Å². The molecule has 1 fully saturated rings. The zero-order valence-electron chi connectivity index (χ0n) is 11.2. The summed E-state index contributed by atoms with van der Waals surface area (Å²) < 4.78 is 10.4. The van der Waals surface area contributed by atoms with E-state index in [1.807, 2.05) is 0 Å². The molecule has 0 saturated carbocycles. The predicted octanol–water partition coefficient (Wildman–Crippen LogP) is 4.57. The Labute approximate surface area is 128 Å². The van der Waals surface area contributed by atoms with Crippen LogP contribution in [0.4, 0.5) is 0 Å². The highest BCUT2D eigenvalue weighted by Gasteiger charge is 2.45. The van der Waals surface area contributed by atoms with Crippen LogP contribution in [0, 0.1) is 0 Å². The first-order chi connectivity index (χ1) is 9.80. The van der Waals surface area contributed by atoms with E-state index in [4.69, 9.17) is 9.47 Å². The lowest BCUT2D eigenvalue weighted by atomic mass is 10.3. The van der Waals surface area contributed by atoms with E-state index in [-0.39, 0.29) is 6.81 Å². The zero-order valence-corrected chi connectivity index (χ0v) is 14.7. The molecule has 0 bridgehead atoms.